The summed E-state index contributed by atoms with van der Waals surface area (Å²) >= 11 is 0. The predicted molar refractivity (Wildman–Crippen MR) is 121 cm³/mol. The third-order valence-corrected chi connectivity index (χ3v) is 6.70. The summed E-state index contributed by atoms with van der Waals surface area (Å²) in [5, 5.41) is 4.88. The van der Waals surface area contributed by atoms with Crippen LogP contribution < -0.4 is 0 Å². The van der Waals surface area contributed by atoms with E-state index in [2.05, 4.69) is 68.4 Å². The monoisotopic (exact) mass is 377 g/mol. The zero-order valence-corrected chi connectivity index (χ0v) is 16.8. The maximum absolute atomic E-state index is 6.34. The van der Waals surface area contributed by atoms with Crippen LogP contribution in [0.15, 0.2) is 71.3 Å². The van der Waals surface area contributed by atoms with Crippen molar-refractivity contribution in [2.24, 2.45) is 0 Å². The van der Waals surface area contributed by atoms with Gasteiger partial charge in [0.05, 0.1) is 5.69 Å². The quantitative estimate of drug-likeness (QED) is 0.298. The summed E-state index contributed by atoms with van der Waals surface area (Å²) in [7, 11) is 0. The second kappa shape index (κ2) is 6.18. The smallest absolute Gasteiger partial charge is 0.136 e. The molecule has 0 spiro atoms. The molecular formula is C27H23NO. The van der Waals surface area contributed by atoms with Gasteiger partial charge in [0.15, 0.2) is 0 Å². The Bertz CT molecular complexity index is 1380. The van der Waals surface area contributed by atoms with Gasteiger partial charge in [-0.25, -0.2) is 0 Å². The Hall–Kier alpha value is -3.13. The lowest BCUT2D eigenvalue weighted by atomic mass is 9.76. The molecule has 0 N–H and O–H groups in total. The molecule has 0 aliphatic heterocycles. The fourth-order valence-electron chi connectivity index (χ4n) is 5.16. The number of pyridine rings is 1. The van der Waals surface area contributed by atoms with Gasteiger partial charge in [0.2, 0.25) is 0 Å². The molecule has 0 radical (unpaired) electrons. The summed E-state index contributed by atoms with van der Waals surface area (Å²) in [6, 6.07) is 21.5. The van der Waals surface area contributed by atoms with E-state index in [9.17, 15) is 0 Å². The second-order valence-electron chi connectivity index (χ2n) is 8.52. The molecule has 29 heavy (non-hydrogen) atoms. The number of hydrogen-bond acceptors (Lipinski definition) is 2. The molecule has 2 nitrogen and oxygen atoms in total. The number of nitrogens with zero attached hydrogens (tertiary/aromatic N) is 1. The zero-order valence-electron chi connectivity index (χ0n) is 16.8. The van der Waals surface area contributed by atoms with Crippen molar-refractivity contribution in [1.29, 1.82) is 0 Å². The summed E-state index contributed by atoms with van der Waals surface area (Å²) in [5.41, 5.74) is 7.14. The Kier molecular flexibility index (Phi) is 3.58. The number of hydrogen-bond donors (Lipinski definition) is 0. The molecule has 2 aromatic heterocycles. The Morgan fingerprint density at radius 2 is 1.66 bits per heavy atom. The van der Waals surface area contributed by atoms with Crippen LogP contribution >= 0.6 is 0 Å². The second-order valence-corrected chi connectivity index (χ2v) is 8.52. The molecule has 2 heterocycles. The van der Waals surface area contributed by atoms with Gasteiger partial charge in [0.1, 0.15) is 11.2 Å². The summed E-state index contributed by atoms with van der Waals surface area (Å²) in [5.74, 6) is 1.17. The molecule has 5 aromatic rings. The molecule has 2 heteroatoms. The summed E-state index contributed by atoms with van der Waals surface area (Å²) in [4.78, 5) is 4.73. The molecule has 2 atom stereocenters. The van der Waals surface area contributed by atoms with E-state index in [1.54, 1.807) is 0 Å². The van der Waals surface area contributed by atoms with Crippen molar-refractivity contribution in [3.05, 3.63) is 78.0 Å². The number of benzene rings is 3. The highest BCUT2D eigenvalue weighted by Crippen LogP contribution is 2.46. The van der Waals surface area contributed by atoms with Gasteiger partial charge in [-0.1, -0.05) is 50.2 Å². The Labute approximate surface area is 170 Å². The fraction of sp³-hybridized carbons (Fsp3) is 0.222. The van der Waals surface area contributed by atoms with E-state index in [1.165, 1.54) is 45.5 Å². The third kappa shape index (κ3) is 2.45. The van der Waals surface area contributed by atoms with Gasteiger partial charge in [0, 0.05) is 27.9 Å². The number of furan rings is 1. The summed E-state index contributed by atoms with van der Waals surface area (Å²) in [6.07, 6.45) is 4.40. The van der Waals surface area contributed by atoms with Crippen molar-refractivity contribution in [3.63, 3.8) is 0 Å². The lowest BCUT2D eigenvalue weighted by molar-refractivity contribution is 0.530. The van der Waals surface area contributed by atoms with Crippen LogP contribution in [0, 0.1) is 0 Å². The molecule has 0 amide bonds. The van der Waals surface area contributed by atoms with Crippen molar-refractivity contribution in [2.45, 2.75) is 38.5 Å². The first-order valence-electron chi connectivity index (χ1n) is 10.5. The maximum Gasteiger partial charge on any atom is 0.136 e. The topological polar surface area (TPSA) is 26.0 Å². The van der Waals surface area contributed by atoms with Crippen LogP contribution in [0.3, 0.4) is 0 Å². The highest BCUT2D eigenvalue weighted by Gasteiger charge is 2.26. The van der Waals surface area contributed by atoms with Gasteiger partial charge in [-0.15, -0.1) is 0 Å². The van der Waals surface area contributed by atoms with Gasteiger partial charge in [-0.2, -0.15) is 0 Å². The zero-order chi connectivity index (χ0) is 19.5. The molecule has 6 rings (SSSR count). The number of fused-ring (bicyclic) bond motifs is 6. The van der Waals surface area contributed by atoms with Crippen molar-refractivity contribution < 1.29 is 4.42 Å². The Balaban J connectivity index is 1.73. The minimum atomic E-state index is 0.559. The van der Waals surface area contributed by atoms with E-state index in [0.717, 1.165) is 22.4 Å². The molecule has 0 saturated heterocycles. The van der Waals surface area contributed by atoms with Gasteiger partial charge < -0.3 is 4.42 Å². The van der Waals surface area contributed by atoms with Crippen LogP contribution in [0.25, 0.3) is 44.0 Å². The van der Waals surface area contributed by atoms with Crippen molar-refractivity contribution >= 4 is 32.7 Å². The van der Waals surface area contributed by atoms with Crippen molar-refractivity contribution in [3.8, 4) is 11.3 Å². The molecule has 1 aliphatic rings. The first-order chi connectivity index (χ1) is 14.2. The lowest BCUT2D eigenvalue weighted by Gasteiger charge is -2.28. The Morgan fingerprint density at radius 3 is 2.52 bits per heavy atom. The highest BCUT2D eigenvalue weighted by atomic mass is 16.3. The van der Waals surface area contributed by atoms with E-state index in [4.69, 9.17) is 9.40 Å². The Morgan fingerprint density at radius 1 is 0.828 bits per heavy atom. The van der Waals surface area contributed by atoms with Gasteiger partial charge in [0.25, 0.3) is 0 Å². The van der Waals surface area contributed by atoms with Crippen LogP contribution in [0.4, 0.5) is 0 Å². The van der Waals surface area contributed by atoms with Crippen LogP contribution in [0.1, 0.15) is 49.7 Å². The van der Waals surface area contributed by atoms with Crippen molar-refractivity contribution in [1.82, 2.24) is 4.98 Å². The molecular weight excluding hydrogens is 354 g/mol. The van der Waals surface area contributed by atoms with Gasteiger partial charge >= 0.3 is 0 Å². The summed E-state index contributed by atoms with van der Waals surface area (Å²) < 4.78 is 6.34. The predicted octanol–water partition coefficient (Wildman–Crippen LogP) is 7.80. The van der Waals surface area contributed by atoms with Crippen LogP contribution in [-0.2, 0) is 0 Å². The largest absolute Gasteiger partial charge is 0.456 e. The summed E-state index contributed by atoms with van der Waals surface area (Å²) in [6.45, 7) is 4.71. The van der Waals surface area contributed by atoms with Crippen molar-refractivity contribution in [2.75, 3.05) is 0 Å². The lowest BCUT2D eigenvalue weighted by Crippen LogP contribution is -2.10. The van der Waals surface area contributed by atoms with Gasteiger partial charge in [-0.3, -0.25) is 4.98 Å². The number of rotatable bonds is 1. The molecule has 142 valence electrons. The molecule has 3 aromatic carbocycles. The normalized spacial score (nSPS) is 19.1. The average molecular weight is 377 g/mol. The van der Waals surface area contributed by atoms with E-state index >= 15 is 0 Å². The first kappa shape index (κ1) is 16.8. The first-order valence-corrected chi connectivity index (χ1v) is 10.5. The fourth-order valence-corrected chi connectivity index (χ4v) is 5.16. The minimum Gasteiger partial charge on any atom is -0.456 e. The average Bonchev–Trinajstić information content (AvgIpc) is 3.12. The van der Waals surface area contributed by atoms with E-state index in [-0.39, 0.29) is 0 Å². The van der Waals surface area contributed by atoms with Crippen LogP contribution in [-0.4, -0.2) is 4.98 Å². The molecule has 0 bridgehead atoms. The van der Waals surface area contributed by atoms with E-state index in [1.807, 2.05) is 12.3 Å². The molecule has 0 fully saturated rings. The maximum atomic E-state index is 6.34. The van der Waals surface area contributed by atoms with Crippen LogP contribution in [0.5, 0.6) is 0 Å². The van der Waals surface area contributed by atoms with Crippen LogP contribution in [0.2, 0.25) is 0 Å². The number of aromatic nitrogens is 1. The molecule has 2 unspecified atom stereocenters. The van der Waals surface area contributed by atoms with E-state index < -0.39 is 0 Å². The molecule has 1 aliphatic carbocycles. The van der Waals surface area contributed by atoms with Gasteiger partial charge in [-0.05, 0) is 65.5 Å². The highest BCUT2D eigenvalue weighted by molar-refractivity contribution is 6.13. The SMILES string of the molecule is CC1CCC(C)c2c1ccc1oc3cc4ccnc(-c5ccccc5)c4cc3c21. The third-order valence-electron chi connectivity index (χ3n) is 6.70. The minimum absolute atomic E-state index is 0.559. The standard InChI is InChI=1S/C27H23NO/c1-16-8-9-17(2)25-20(16)10-11-23-26(25)22-15-21-19(14-24(22)29-23)12-13-28-27(21)18-6-4-3-5-7-18/h3-7,10-17H,8-9H2,1-2H3. The van der Waals surface area contributed by atoms with E-state index in [0.29, 0.717) is 11.8 Å². The molecule has 0 saturated carbocycles.